The molecule has 20 heavy (non-hydrogen) atoms. The molecule has 3 nitrogen and oxygen atoms in total. The summed E-state index contributed by atoms with van der Waals surface area (Å²) in [5.41, 5.74) is 7.11. The van der Waals surface area contributed by atoms with Gasteiger partial charge in [-0.3, -0.25) is 0 Å². The number of rotatable bonds is 7. The van der Waals surface area contributed by atoms with E-state index in [-0.39, 0.29) is 6.04 Å². The van der Waals surface area contributed by atoms with E-state index in [9.17, 15) is 0 Å². The number of nitrogens with two attached hydrogens (primary N) is 1. The molecule has 2 rings (SSSR count). The Labute approximate surface area is 126 Å². The monoisotopic (exact) mass is 297 g/mol. The molecule has 1 aliphatic carbocycles. The van der Waals surface area contributed by atoms with Crippen molar-refractivity contribution in [3.8, 4) is 11.5 Å². The summed E-state index contributed by atoms with van der Waals surface area (Å²) in [6.45, 7) is 2.84. The molecule has 0 aromatic heterocycles. The highest BCUT2D eigenvalue weighted by atomic mass is 35.5. The molecule has 4 heteroatoms. The first-order valence-electron chi connectivity index (χ1n) is 7.38. The molecule has 1 atom stereocenters. The largest absolute Gasteiger partial charge is 0.493 e. The molecule has 1 unspecified atom stereocenters. The number of ether oxygens (including phenoxy) is 2. The molecule has 112 valence electrons. The Morgan fingerprint density at radius 3 is 2.70 bits per heavy atom. The molecule has 1 fully saturated rings. The second kappa shape index (κ2) is 7.19. The summed E-state index contributed by atoms with van der Waals surface area (Å²) in [6, 6.07) is 3.86. The van der Waals surface area contributed by atoms with Gasteiger partial charge in [-0.25, -0.2) is 0 Å². The van der Waals surface area contributed by atoms with E-state index in [1.54, 1.807) is 13.2 Å². The summed E-state index contributed by atoms with van der Waals surface area (Å²) in [7, 11) is 1.64. The maximum Gasteiger partial charge on any atom is 0.164 e. The van der Waals surface area contributed by atoms with Crippen molar-refractivity contribution in [1.82, 2.24) is 0 Å². The summed E-state index contributed by atoms with van der Waals surface area (Å²) < 4.78 is 11.4. The van der Waals surface area contributed by atoms with E-state index in [0.29, 0.717) is 16.7 Å². The third-order valence-electron chi connectivity index (χ3n) is 4.01. The Balaban J connectivity index is 2.18. The molecule has 0 radical (unpaired) electrons. The molecular weight excluding hydrogens is 274 g/mol. The van der Waals surface area contributed by atoms with Gasteiger partial charge in [-0.1, -0.05) is 24.9 Å². The fourth-order valence-corrected chi connectivity index (χ4v) is 2.61. The predicted molar refractivity (Wildman–Crippen MR) is 82.8 cm³/mol. The van der Waals surface area contributed by atoms with Crippen molar-refractivity contribution in [2.45, 2.75) is 45.1 Å². The minimum Gasteiger partial charge on any atom is -0.493 e. The van der Waals surface area contributed by atoms with E-state index < -0.39 is 0 Å². The molecule has 0 saturated heterocycles. The Bertz CT molecular complexity index is 446. The van der Waals surface area contributed by atoms with E-state index >= 15 is 0 Å². The zero-order valence-electron chi connectivity index (χ0n) is 12.3. The van der Waals surface area contributed by atoms with Crippen molar-refractivity contribution >= 4 is 11.6 Å². The van der Waals surface area contributed by atoms with Gasteiger partial charge in [0.15, 0.2) is 11.5 Å². The second-order valence-corrected chi connectivity index (χ2v) is 6.01. The fourth-order valence-electron chi connectivity index (χ4n) is 2.38. The maximum absolute atomic E-state index is 6.15. The van der Waals surface area contributed by atoms with Crippen LogP contribution in [0.1, 0.15) is 38.2 Å². The quantitative estimate of drug-likeness (QED) is 0.832. The van der Waals surface area contributed by atoms with E-state index in [1.165, 1.54) is 19.3 Å². The smallest absolute Gasteiger partial charge is 0.164 e. The van der Waals surface area contributed by atoms with E-state index in [4.69, 9.17) is 26.8 Å². The number of hydrogen-bond acceptors (Lipinski definition) is 3. The van der Waals surface area contributed by atoms with Gasteiger partial charge in [0, 0.05) is 22.7 Å². The van der Waals surface area contributed by atoms with Crippen LogP contribution in [0.4, 0.5) is 0 Å². The van der Waals surface area contributed by atoms with Gasteiger partial charge < -0.3 is 15.2 Å². The van der Waals surface area contributed by atoms with Gasteiger partial charge >= 0.3 is 0 Å². The van der Waals surface area contributed by atoms with Gasteiger partial charge in [-0.05, 0) is 37.7 Å². The van der Waals surface area contributed by atoms with E-state index in [1.807, 2.05) is 6.07 Å². The van der Waals surface area contributed by atoms with Crippen LogP contribution in [0.5, 0.6) is 11.5 Å². The number of benzene rings is 1. The van der Waals surface area contributed by atoms with Gasteiger partial charge in [0.2, 0.25) is 0 Å². The fraction of sp³-hybridized carbons (Fsp3) is 0.625. The zero-order valence-corrected chi connectivity index (χ0v) is 13.1. The van der Waals surface area contributed by atoms with Gasteiger partial charge in [0.05, 0.1) is 13.7 Å². The molecule has 1 aromatic rings. The zero-order chi connectivity index (χ0) is 14.5. The number of halogens is 1. The molecule has 2 N–H and O–H groups in total. The Kier molecular flexibility index (Phi) is 5.55. The Morgan fingerprint density at radius 2 is 2.15 bits per heavy atom. The lowest BCUT2D eigenvalue weighted by molar-refractivity contribution is 0.174. The predicted octanol–water partition coefficient (Wildman–Crippen LogP) is 3.81. The van der Waals surface area contributed by atoms with Crippen LogP contribution in [-0.4, -0.2) is 19.8 Å². The van der Waals surface area contributed by atoms with Gasteiger partial charge in [0.1, 0.15) is 0 Å². The topological polar surface area (TPSA) is 44.5 Å². The Morgan fingerprint density at radius 1 is 1.40 bits per heavy atom. The lowest BCUT2D eigenvalue weighted by Gasteiger charge is -2.26. The van der Waals surface area contributed by atoms with Crippen LogP contribution in [0.3, 0.4) is 0 Å². The third-order valence-corrected chi connectivity index (χ3v) is 4.23. The summed E-state index contributed by atoms with van der Waals surface area (Å²) in [6.07, 6.45) is 5.53. The summed E-state index contributed by atoms with van der Waals surface area (Å²) in [5, 5.41) is 0.663. The van der Waals surface area contributed by atoms with Gasteiger partial charge in [-0.15, -0.1) is 0 Å². The van der Waals surface area contributed by atoms with Crippen molar-refractivity contribution in [2.75, 3.05) is 13.7 Å². The molecular formula is C16H24ClNO2. The first-order chi connectivity index (χ1) is 9.63. The molecule has 0 aliphatic heterocycles. The highest BCUT2D eigenvalue weighted by Crippen LogP contribution is 2.37. The van der Waals surface area contributed by atoms with Crippen LogP contribution in [0.2, 0.25) is 5.02 Å². The van der Waals surface area contributed by atoms with Crippen molar-refractivity contribution in [3.05, 3.63) is 22.7 Å². The minimum absolute atomic E-state index is 0.115. The third kappa shape index (κ3) is 3.80. The molecule has 1 aliphatic rings. The van der Waals surface area contributed by atoms with Crippen molar-refractivity contribution < 1.29 is 9.47 Å². The van der Waals surface area contributed by atoms with Crippen LogP contribution < -0.4 is 15.2 Å². The van der Waals surface area contributed by atoms with E-state index in [2.05, 4.69) is 6.92 Å². The summed E-state index contributed by atoms with van der Waals surface area (Å²) in [5.74, 6) is 2.20. The summed E-state index contributed by atoms with van der Waals surface area (Å²) >= 11 is 6.15. The van der Waals surface area contributed by atoms with Crippen molar-refractivity contribution in [3.63, 3.8) is 0 Å². The minimum atomic E-state index is 0.115. The average Bonchev–Trinajstić information content (AvgIpc) is 2.38. The van der Waals surface area contributed by atoms with Gasteiger partial charge in [0.25, 0.3) is 0 Å². The number of methoxy groups -OCH3 is 1. The molecule has 0 heterocycles. The first kappa shape index (κ1) is 15.5. The highest BCUT2D eigenvalue weighted by molar-refractivity contribution is 6.30. The lowest BCUT2D eigenvalue weighted by Crippen LogP contribution is -2.23. The molecule has 0 bridgehead atoms. The highest BCUT2D eigenvalue weighted by Gasteiger charge is 2.21. The number of hydrogen-bond donors (Lipinski definition) is 1. The van der Waals surface area contributed by atoms with Crippen molar-refractivity contribution in [1.29, 1.82) is 0 Å². The average molecular weight is 298 g/mol. The first-order valence-corrected chi connectivity index (χ1v) is 7.76. The van der Waals surface area contributed by atoms with Gasteiger partial charge in [-0.2, -0.15) is 0 Å². The lowest BCUT2D eigenvalue weighted by atomic mass is 9.86. The molecule has 1 aromatic carbocycles. The molecule has 1 saturated carbocycles. The molecule has 0 spiro atoms. The maximum atomic E-state index is 6.15. The Hall–Kier alpha value is -0.930. The SMILES string of the molecule is CCC(N)Cc1cc(Cl)cc(OC)c1OCC1CCC1. The second-order valence-electron chi connectivity index (χ2n) is 5.58. The van der Waals surface area contributed by atoms with Crippen LogP contribution in [0, 0.1) is 5.92 Å². The normalized spacial score (nSPS) is 16.6. The van der Waals surface area contributed by atoms with Crippen LogP contribution in [0.25, 0.3) is 0 Å². The van der Waals surface area contributed by atoms with Crippen LogP contribution in [0.15, 0.2) is 12.1 Å². The van der Waals surface area contributed by atoms with E-state index in [0.717, 1.165) is 30.8 Å². The van der Waals surface area contributed by atoms with Crippen molar-refractivity contribution in [2.24, 2.45) is 11.7 Å². The summed E-state index contributed by atoms with van der Waals surface area (Å²) in [4.78, 5) is 0. The molecule has 0 amide bonds. The standard InChI is InChI=1S/C16H24ClNO2/c1-3-14(18)8-12-7-13(17)9-15(19-2)16(12)20-10-11-5-4-6-11/h7,9,11,14H,3-6,8,10,18H2,1-2H3. The van der Waals surface area contributed by atoms with Crippen LogP contribution >= 0.6 is 11.6 Å². The van der Waals surface area contributed by atoms with Crippen LogP contribution in [-0.2, 0) is 6.42 Å².